The fourth-order valence-electron chi connectivity index (χ4n) is 2.06. The van der Waals surface area contributed by atoms with Crippen LogP contribution >= 0.6 is 0 Å². The van der Waals surface area contributed by atoms with Crippen LogP contribution < -0.4 is 4.72 Å². The maximum absolute atomic E-state index is 12.2. The van der Waals surface area contributed by atoms with Gasteiger partial charge in [0.25, 0.3) is 10.0 Å². The summed E-state index contributed by atoms with van der Waals surface area (Å²) in [5.74, 6) is -0.113. The molecule has 0 aliphatic carbocycles. The van der Waals surface area contributed by atoms with Crippen molar-refractivity contribution in [2.75, 3.05) is 4.72 Å². The Bertz CT molecular complexity index is 986. The zero-order valence-corrected chi connectivity index (χ0v) is 13.3. The van der Waals surface area contributed by atoms with Crippen molar-refractivity contribution < 1.29 is 22.7 Å². The van der Waals surface area contributed by atoms with Crippen molar-refractivity contribution in [1.82, 2.24) is 9.97 Å². The molecule has 0 bridgehead atoms. The third-order valence-corrected chi connectivity index (χ3v) is 4.60. The van der Waals surface area contributed by atoms with Crippen molar-refractivity contribution in [1.29, 1.82) is 0 Å². The maximum Gasteiger partial charge on any atom is 0.352 e. The second-order valence-electron chi connectivity index (χ2n) is 4.98. The van der Waals surface area contributed by atoms with Gasteiger partial charge in [-0.05, 0) is 30.3 Å². The van der Waals surface area contributed by atoms with Crippen LogP contribution in [0.5, 0.6) is 0 Å². The third kappa shape index (κ3) is 3.15. The zero-order chi connectivity index (χ0) is 17.3. The molecular weight excluding hydrogens is 334 g/mol. The second-order valence-corrected chi connectivity index (χ2v) is 6.66. The highest BCUT2D eigenvalue weighted by molar-refractivity contribution is 7.92. The van der Waals surface area contributed by atoms with E-state index in [0.29, 0.717) is 17.3 Å². The molecule has 0 aliphatic heterocycles. The zero-order valence-electron chi connectivity index (χ0n) is 12.5. The average Bonchev–Trinajstić information content (AvgIpc) is 3.17. The molecule has 1 aromatic carbocycles. The minimum absolute atomic E-state index is 0.158. The van der Waals surface area contributed by atoms with Crippen LogP contribution in [0.2, 0.25) is 0 Å². The first kappa shape index (κ1) is 15.8. The van der Waals surface area contributed by atoms with Crippen molar-refractivity contribution in [3.05, 3.63) is 54.3 Å². The van der Waals surface area contributed by atoms with E-state index in [1.54, 1.807) is 37.4 Å². The molecule has 0 spiro atoms. The number of sulfonamides is 1. The predicted octanol–water partition coefficient (Wildman–Crippen LogP) is 2.48. The van der Waals surface area contributed by atoms with Gasteiger partial charge in [-0.25, -0.2) is 18.2 Å². The van der Waals surface area contributed by atoms with Gasteiger partial charge in [-0.1, -0.05) is 0 Å². The van der Waals surface area contributed by atoms with Crippen LogP contribution in [0, 0.1) is 6.92 Å². The number of carboxylic acid groups (broad SMARTS) is 1. The number of aromatic carboxylic acids is 1. The Morgan fingerprint density at radius 1 is 1.29 bits per heavy atom. The number of carboxylic acids is 1. The van der Waals surface area contributed by atoms with E-state index in [4.69, 9.17) is 9.52 Å². The highest BCUT2D eigenvalue weighted by atomic mass is 32.2. The molecule has 8 nitrogen and oxygen atoms in total. The summed E-state index contributed by atoms with van der Waals surface area (Å²) < 4.78 is 32.3. The highest BCUT2D eigenvalue weighted by Crippen LogP contribution is 2.23. The highest BCUT2D eigenvalue weighted by Gasteiger charge is 2.18. The van der Waals surface area contributed by atoms with E-state index in [9.17, 15) is 13.2 Å². The Hall–Kier alpha value is -3.07. The fraction of sp³-hybridized carbons (Fsp3) is 0.0667. The molecule has 24 heavy (non-hydrogen) atoms. The number of aromatic amines is 1. The molecule has 0 radical (unpaired) electrons. The van der Waals surface area contributed by atoms with Gasteiger partial charge in [0.15, 0.2) is 11.7 Å². The number of oxazole rings is 1. The molecule has 3 N–H and O–H groups in total. The number of anilines is 1. The number of aryl methyl sites for hydroxylation is 1. The van der Waals surface area contributed by atoms with Gasteiger partial charge in [0.1, 0.15) is 10.6 Å². The maximum atomic E-state index is 12.2. The second kappa shape index (κ2) is 5.85. The molecule has 0 unspecified atom stereocenters. The van der Waals surface area contributed by atoms with Gasteiger partial charge in [0, 0.05) is 24.4 Å². The summed E-state index contributed by atoms with van der Waals surface area (Å²) in [6.07, 6.45) is 2.71. The number of benzene rings is 1. The molecule has 2 heterocycles. The number of aromatic nitrogens is 2. The third-order valence-electron chi connectivity index (χ3n) is 3.24. The van der Waals surface area contributed by atoms with E-state index in [-0.39, 0.29) is 10.6 Å². The Kier molecular flexibility index (Phi) is 3.86. The van der Waals surface area contributed by atoms with Crippen LogP contribution in [0.3, 0.4) is 0 Å². The van der Waals surface area contributed by atoms with Crippen molar-refractivity contribution in [3.63, 3.8) is 0 Å². The summed E-state index contributed by atoms with van der Waals surface area (Å²) in [5, 5.41) is 8.83. The molecule has 3 aromatic rings. The van der Waals surface area contributed by atoms with E-state index >= 15 is 0 Å². The Morgan fingerprint density at radius 3 is 2.54 bits per heavy atom. The fourth-order valence-corrected chi connectivity index (χ4v) is 3.12. The van der Waals surface area contributed by atoms with Crippen LogP contribution in [0.15, 0.2) is 52.0 Å². The van der Waals surface area contributed by atoms with Gasteiger partial charge in [-0.3, -0.25) is 4.72 Å². The number of nitrogens with zero attached hydrogens (tertiary/aromatic N) is 1. The number of H-pyrrole nitrogens is 1. The van der Waals surface area contributed by atoms with E-state index in [2.05, 4.69) is 14.7 Å². The van der Waals surface area contributed by atoms with Gasteiger partial charge in [-0.2, -0.15) is 0 Å². The molecule has 0 amide bonds. The standard InChI is InChI=1S/C15H13N3O5S/c1-9-16-8-14(23-9)10-2-4-11(5-3-10)18-24(21,22)12-6-13(15(19)20)17-7-12/h2-8,17-18H,1H3,(H,19,20). The van der Waals surface area contributed by atoms with E-state index < -0.39 is 16.0 Å². The van der Waals surface area contributed by atoms with Crippen molar-refractivity contribution in [2.45, 2.75) is 11.8 Å². The molecule has 3 rings (SSSR count). The summed E-state index contributed by atoms with van der Waals surface area (Å²) in [6.45, 7) is 1.73. The van der Waals surface area contributed by atoms with Gasteiger partial charge in [-0.15, -0.1) is 0 Å². The SMILES string of the molecule is Cc1ncc(-c2ccc(NS(=O)(=O)c3c[nH]c(C(=O)O)c3)cc2)o1. The number of carbonyl (C=O) groups is 1. The average molecular weight is 347 g/mol. The lowest BCUT2D eigenvalue weighted by atomic mass is 10.2. The van der Waals surface area contributed by atoms with Crippen molar-refractivity contribution >= 4 is 21.7 Å². The molecule has 0 atom stereocenters. The van der Waals surface area contributed by atoms with Crippen LogP contribution in [0.1, 0.15) is 16.4 Å². The Labute approximate surface area is 137 Å². The normalized spacial score (nSPS) is 11.4. The molecule has 0 fully saturated rings. The van der Waals surface area contributed by atoms with Crippen LogP contribution in [-0.2, 0) is 10.0 Å². The number of hydrogen-bond acceptors (Lipinski definition) is 5. The molecule has 124 valence electrons. The summed E-state index contributed by atoms with van der Waals surface area (Å²) in [6, 6.07) is 7.59. The molecular formula is C15H13N3O5S. The lowest BCUT2D eigenvalue weighted by Gasteiger charge is -2.06. The van der Waals surface area contributed by atoms with Crippen molar-refractivity contribution in [3.8, 4) is 11.3 Å². The first-order valence-electron chi connectivity index (χ1n) is 6.82. The predicted molar refractivity (Wildman–Crippen MR) is 85.2 cm³/mol. The smallest absolute Gasteiger partial charge is 0.352 e. The van der Waals surface area contributed by atoms with E-state index in [1.807, 2.05) is 0 Å². The lowest BCUT2D eigenvalue weighted by molar-refractivity contribution is 0.0691. The number of nitrogens with one attached hydrogen (secondary N) is 2. The molecule has 2 aromatic heterocycles. The molecule has 0 saturated carbocycles. The summed E-state index contributed by atoms with van der Waals surface area (Å²) in [7, 11) is -3.88. The Morgan fingerprint density at radius 2 is 2.00 bits per heavy atom. The van der Waals surface area contributed by atoms with Gasteiger partial charge < -0.3 is 14.5 Å². The van der Waals surface area contributed by atoms with Crippen molar-refractivity contribution in [2.24, 2.45) is 0 Å². The lowest BCUT2D eigenvalue weighted by Crippen LogP contribution is -2.12. The van der Waals surface area contributed by atoms with Crippen LogP contribution in [-0.4, -0.2) is 29.5 Å². The quantitative estimate of drug-likeness (QED) is 0.651. The van der Waals surface area contributed by atoms with Gasteiger partial charge >= 0.3 is 5.97 Å². The summed E-state index contributed by atoms with van der Waals surface area (Å²) >= 11 is 0. The minimum Gasteiger partial charge on any atom is -0.477 e. The number of hydrogen-bond donors (Lipinski definition) is 3. The summed E-state index contributed by atoms with van der Waals surface area (Å²) in [5.41, 5.74) is 0.896. The first-order chi connectivity index (χ1) is 11.3. The van der Waals surface area contributed by atoms with E-state index in [1.165, 1.54) is 0 Å². The first-order valence-corrected chi connectivity index (χ1v) is 8.31. The topological polar surface area (TPSA) is 125 Å². The van der Waals surface area contributed by atoms with Gasteiger partial charge in [0.05, 0.1) is 6.20 Å². The summed E-state index contributed by atoms with van der Waals surface area (Å²) in [4.78, 5) is 17.0. The molecule has 0 saturated heterocycles. The van der Waals surface area contributed by atoms with Crippen LogP contribution in [0.4, 0.5) is 5.69 Å². The number of rotatable bonds is 5. The molecule has 0 aliphatic rings. The van der Waals surface area contributed by atoms with E-state index in [0.717, 1.165) is 17.8 Å². The van der Waals surface area contributed by atoms with Crippen LogP contribution in [0.25, 0.3) is 11.3 Å². The Balaban J connectivity index is 1.80. The minimum atomic E-state index is -3.88. The van der Waals surface area contributed by atoms with Gasteiger partial charge in [0.2, 0.25) is 0 Å². The largest absolute Gasteiger partial charge is 0.477 e. The monoisotopic (exact) mass is 347 g/mol. The molecule has 9 heteroatoms.